The molecule has 1 aromatic rings. The molecule has 1 aromatic carbocycles. The van der Waals surface area contributed by atoms with Gasteiger partial charge in [-0.1, -0.05) is 18.0 Å². The molecule has 1 aliphatic rings. The molecule has 0 bridgehead atoms. The second-order valence-electron chi connectivity index (χ2n) is 4.01. The van der Waals surface area contributed by atoms with Crippen LogP contribution in [0.15, 0.2) is 18.2 Å². The van der Waals surface area contributed by atoms with Crippen LogP contribution in [-0.2, 0) is 4.79 Å². The number of carbonyl (C=O) groups is 1. The van der Waals surface area contributed by atoms with Crippen LogP contribution in [0.1, 0.15) is 19.3 Å². The normalized spacial score (nSPS) is 19.9. The molecule has 5 heteroatoms. The van der Waals surface area contributed by atoms with Crippen LogP contribution in [0.25, 0.3) is 0 Å². The van der Waals surface area contributed by atoms with Gasteiger partial charge >= 0.3 is 0 Å². The van der Waals surface area contributed by atoms with Crippen molar-refractivity contribution in [3.05, 3.63) is 23.2 Å². The van der Waals surface area contributed by atoms with E-state index in [1.54, 1.807) is 23.9 Å². The van der Waals surface area contributed by atoms with E-state index in [-0.39, 0.29) is 21.9 Å². The molecule has 1 fully saturated rings. The number of hydrogen-bond acceptors (Lipinski definition) is 3. The third kappa shape index (κ3) is 3.30. The summed E-state index contributed by atoms with van der Waals surface area (Å²) in [5.74, 6) is 1.10. The third-order valence-corrected chi connectivity index (χ3v) is 4.37. The van der Waals surface area contributed by atoms with Crippen molar-refractivity contribution in [2.24, 2.45) is 0 Å². The number of halogens is 1. The van der Waals surface area contributed by atoms with Crippen LogP contribution < -0.4 is 5.32 Å². The maximum Gasteiger partial charge on any atom is 0.237 e. The van der Waals surface area contributed by atoms with Gasteiger partial charge in [0, 0.05) is 5.69 Å². The highest BCUT2D eigenvalue weighted by atomic mass is 35.5. The summed E-state index contributed by atoms with van der Waals surface area (Å²) in [5.41, 5.74) is 0.629. The van der Waals surface area contributed by atoms with Crippen LogP contribution in [0.3, 0.4) is 0 Å². The molecule has 17 heavy (non-hydrogen) atoms. The SMILES string of the molecule is O=C(Nc1ccc(O)c(Cl)c1)C1CCCCS1. The smallest absolute Gasteiger partial charge is 0.237 e. The molecule has 2 rings (SSSR count). The average Bonchev–Trinajstić information content (AvgIpc) is 2.35. The number of anilines is 1. The van der Waals surface area contributed by atoms with Crippen molar-refractivity contribution in [1.29, 1.82) is 0 Å². The lowest BCUT2D eigenvalue weighted by molar-refractivity contribution is -0.115. The lowest BCUT2D eigenvalue weighted by Crippen LogP contribution is -2.27. The number of phenolic OH excluding ortho intramolecular Hbond substituents is 1. The second kappa shape index (κ2) is 5.65. The summed E-state index contributed by atoms with van der Waals surface area (Å²) >= 11 is 7.48. The first-order chi connectivity index (χ1) is 8.16. The third-order valence-electron chi connectivity index (χ3n) is 2.69. The van der Waals surface area contributed by atoms with Gasteiger partial charge in [-0.25, -0.2) is 0 Å². The van der Waals surface area contributed by atoms with E-state index in [4.69, 9.17) is 11.6 Å². The van der Waals surface area contributed by atoms with E-state index in [1.165, 1.54) is 12.5 Å². The fourth-order valence-electron chi connectivity index (χ4n) is 1.75. The van der Waals surface area contributed by atoms with E-state index in [2.05, 4.69) is 5.32 Å². The van der Waals surface area contributed by atoms with E-state index >= 15 is 0 Å². The predicted molar refractivity (Wildman–Crippen MR) is 71.8 cm³/mol. The number of hydrogen-bond donors (Lipinski definition) is 2. The highest BCUT2D eigenvalue weighted by Crippen LogP contribution is 2.28. The summed E-state index contributed by atoms with van der Waals surface area (Å²) in [5, 5.41) is 12.4. The molecule has 1 aliphatic heterocycles. The molecule has 1 atom stereocenters. The Morgan fingerprint density at radius 3 is 2.94 bits per heavy atom. The summed E-state index contributed by atoms with van der Waals surface area (Å²) in [6.45, 7) is 0. The van der Waals surface area contributed by atoms with Gasteiger partial charge in [0.2, 0.25) is 5.91 Å². The number of amides is 1. The maximum absolute atomic E-state index is 11.9. The van der Waals surface area contributed by atoms with E-state index in [1.807, 2.05) is 0 Å². The Morgan fingerprint density at radius 2 is 2.29 bits per heavy atom. The topological polar surface area (TPSA) is 49.3 Å². The van der Waals surface area contributed by atoms with Crippen molar-refractivity contribution in [3.8, 4) is 5.75 Å². The van der Waals surface area contributed by atoms with Crippen LogP contribution in [0, 0.1) is 0 Å². The molecule has 0 radical (unpaired) electrons. The molecule has 0 aliphatic carbocycles. The molecule has 0 spiro atoms. The van der Waals surface area contributed by atoms with Crippen LogP contribution >= 0.6 is 23.4 Å². The first-order valence-electron chi connectivity index (χ1n) is 5.58. The summed E-state index contributed by atoms with van der Waals surface area (Å²) in [4.78, 5) is 11.9. The minimum Gasteiger partial charge on any atom is -0.506 e. The monoisotopic (exact) mass is 271 g/mol. The molecular weight excluding hydrogens is 258 g/mol. The van der Waals surface area contributed by atoms with Gasteiger partial charge in [0.15, 0.2) is 0 Å². The van der Waals surface area contributed by atoms with Gasteiger partial charge in [0.25, 0.3) is 0 Å². The Kier molecular flexibility index (Phi) is 4.18. The summed E-state index contributed by atoms with van der Waals surface area (Å²) in [6, 6.07) is 4.68. The summed E-state index contributed by atoms with van der Waals surface area (Å²) in [7, 11) is 0. The zero-order valence-corrected chi connectivity index (χ0v) is 10.9. The highest BCUT2D eigenvalue weighted by Gasteiger charge is 2.21. The maximum atomic E-state index is 11.9. The molecule has 0 aromatic heterocycles. The second-order valence-corrected chi connectivity index (χ2v) is 5.73. The number of thioether (sulfide) groups is 1. The van der Waals surface area contributed by atoms with Gasteiger partial charge in [0.1, 0.15) is 5.75 Å². The van der Waals surface area contributed by atoms with Crippen LogP contribution in [-0.4, -0.2) is 22.0 Å². The number of benzene rings is 1. The molecular formula is C12H14ClNO2S. The van der Waals surface area contributed by atoms with Crippen molar-refractivity contribution in [1.82, 2.24) is 0 Å². The van der Waals surface area contributed by atoms with Crippen LogP contribution in [0.4, 0.5) is 5.69 Å². The summed E-state index contributed by atoms with van der Waals surface area (Å²) in [6.07, 6.45) is 3.24. The lowest BCUT2D eigenvalue weighted by atomic mass is 10.2. The number of nitrogens with one attached hydrogen (secondary N) is 1. The Balaban J connectivity index is 1.99. The first kappa shape index (κ1) is 12.6. The molecule has 1 heterocycles. The predicted octanol–water partition coefficient (Wildman–Crippen LogP) is 3.27. The molecule has 2 N–H and O–H groups in total. The van der Waals surface area contributed by atoms with E-state index in [0.717, 1.165) is 18.6 Å². The zero-order valence-electron chi connectivity index (χ0n) is 9.28. The van der Waals surface area contributed by atoms with Gasteiger partial charge in [-0.2, -0.15) is 0 Å². The molecule has 3 nitrogen and oxygen atoms in total. The lowest BCUT2D eigenvalue weighted by Gasteiger charge is -2.20. The zero-order chi connectivity index (χ0) is 12.3. The molecule has 1 amide bonds. The highest BCUT2D eigenvalue weighted by molar-refractivity contribution is 8.00. The number of aromatic hydroxyl groups is 1. The van der Waals surface area contributed by atoms with E-state index < -0.39 is 0 Å². The van der Waals surface area contributed by atoms with E-state index in [9.17, 15) is 9.90 Å². The Labute approximate surface area is 110 Å². The Morgan fingerprint density at radius 1 is 1.47 bits per heavy atom. The van der Waals surface area contributed by atoms with Gasteiger partial charge in [-0.15, -0.1) is 11.8 Å². The molecule has 0 saturated carbocycles. The molecule has 1 saturated heterocycles. The fourth-order valence-corrected chi connectivity index (χ4v) is 3.13. The summed E-state index contributed by atoms with van der Waals surface area (Å²) < 4.78 is 0. The largest absolute Gasteiger partial charge is 0.506 e. The van der Waals surface area contributed by atoms with Gasteiger partial charge < -0.3 is 10.4 Å². The van der Waals surface area contributed by atoms with Gasteiger partial charge in [-0.05, 0) is 36.8 Å². The van der Waals surface area contributed by atoms with Crippen molar-refractivity contribution >= 4 is 35.0 Å². The standard InChI is InChI=1S/C12H14ClNO2S/c13-9-7-8(4-5-10(9)15)14-12(16)11-3-1-2-6-17-11/h4-5,7,11,15H,1-3,6H2,(H,14,16). The van der Waals surface area contributed by atoms with Gasteiger partial charge in [0.05, 0.1) is 10.3 Å². The quantitative estimate of drug-likeness (QED) is 0.812. The van der Waals surface area contributed by atoms with E-state index in [0.29, 0.717) is 5.69 Å². The van der Waals surface area contributed by atoms with Crippen molar-refractivity contribution in [2.45, 2.75) is 24.5 Å². The van der Waals surface area contributed by atoms with Crippen LogP contribution in [0.5, 0.6) is 5.75 Å². The minimum atomic E-state index is 0.0245. The van der Waals surface area contributed by atoms with Crippen LogP contribution in [0.2, 0.25) is 5.02 Å². The molecule has 92 valence electrons. The van der Waals surface area contributed by atoms with Crippen molar-refractivity contribution in [2.75, 3.05) is 11.1 Å². The Hall–Kier alpha value is -0.870. The van der Waals surface area contributed by atoms with Crippen molar-refractivity contribution in [3.63, 3.8) is 0 Å². The van der Waals surface area contributed by atoms with Gasteiger partial charge in [-0.3, -0.25) is 4.79 Å². The minimum absolute atomic E-state index is 0.0245. The molecule has 1 unspecified atom stereocenters. The Bertz CT molecular complexity index is 419. The fraction of sp³-hybridized carbons (Fsp3) is 0.417. The number of carbonyl (C=O) groups excluding carboxylic acids is 1. The first-order valence-corrected chi connectivity index (χ1v) is 7.00. The number of phenols is 1. The van der Waals surface area contributed by atoms with Crippen molar-refractivity contribution < 1.29 is 9.90 Å². The number of rotatable bonds is 2. The average molecular weight is 272 g/mol.